The van der Waals surface area contributed by atoms with Gasteiger partial charge in [0.15, 0.2) is 0 Å². The van der Waals surface area contributed by atoms with E-state index in [1.54, 1.807) is 0 Å². The van der Waals surface area contributed by atoms with Gasteiger partial charge < -0.3 is 4.74 Å². The summed E-state index contributed by atoms with van der Waals surface area (Å²) in [5.74, 6) is 0.781. The predicted molar refractivity (Wildman–Crippen MR) is 75.8 cm³/mol. The SMILES string of the molecule is CCCCCCCCCCC1(CCl)CCOC1. The zero-order valence-electron chi connectivity index (χ0n) is 11.5. The molecule has 1 heterocycles. The van der Waals surface area contributed by atoms with E-state index in [9.17, 15) is 0 Å². The summed E-state index contributed by atoms with van der Waals surface area (Å²) < 4.78 is 5.49. The van der Waals surface area contributed by atoms with Gasteiger partial charge in [0.25, 0.3) is 0 Å². The van der Waals surface area contributed by atoms with Crippen molar-refractivity contribution in [1.82, 2.24) is 0 Å². The minimum atomic E-state index is 0.323. The Morgan fingerprint density at radius 2 is 1.65 bits per heavy atom. The van der Waals surface area contributed by atoms with Crippen molar-refractivity contribution in [2.75, 3.05) is 19.1 Å². The van der Waals surface area contributed by atoms with Crippen LogP contribution in [-0.2, 0) is 4.74 Å². The average Bonchev–Trinajstić information content (AvgIpc) is 2.82. The molecule has 0 aromatic heterocycles. The molecule has 0 aliphatic carbocycles. The fourth-order valence-electron chi connectivity index (χ4n) is 2.65. The first kappa shape index (κ1) is 15.3. The van der Waals surface area contributed by atoms with Crippen LogP contribution in [0.25, 0.3) is 0 Å². The second-order valence-corrected chi connectivity index (χ2v) is 5.93. The number of rotatable bonds is 10. The van der Waals surface area contributed by atoms with Crippen molar-refractivity contribution < 1.29 is 4.74 Å². The quantitative estimate of drug-likeness (QED) is 0.389. The Morgan fingerprint density at radius 3 is 2.18 bits per heavy atom. The molecule has 1 fully saturated rings. The van der Waals surface area contributed by atoms with Gasteiger partial charge in [0, 0.05) is 17.9 Å². The van der Waals surface area contributed by atoms with Crippen molar-refractivity contribution in [1.29, 1.82) is 0 Å². The molecule has 1 unspecified atom stereocenters. The maximum Gasteiger partial charge on any atom is 0.0534 e. The summed E-state index contributed by atoms with van der Waals surface area (Å²) in [6, 6.07) is 0. The van der Waals surface area contributed by atoms with E-state index in [-0.39, 0.29) is 0 Å². The number of alkyl halides is 1. The Labute approximate surface area is 112 Å². The molecule has 1 aliphatic heterocycles. The Bertz CT molecular complexity index is 176. The van der Waals surface area contributed by atoms with Crippen LogP contribution < -0.4 is 0 Å². The van der Waals surface area contributed by atoms with Gasteiger partial charge in [-0.05, 0) is 12.8 Å². The van der Waals surface area contributed by atoms with Crippen LogP contribution >= 0.6 is 11.6 Å². The van der Waals surface area contributed by atoms with Crippen LogP contribution in [-0.4, -0.2) is 19.1 Å². The van der Waals surface area contributed by atoms with E-state index in [1.165, 1.54) is 64.2 Å². The van der Waals surface area contributed by atoms with Crippen molar-refractivity contribution in [3.8, 4) is 0 Å². The van der Waals surface area contributed by atoms with Gasteiger partial charge in [-0.2, -0.15) is 0 Å². The Hall–Kier alpha value is 0.250. The summed E-state index contributed by atoms with van der Waals surface area (Å²) in [4.78, 5) is 0. The highest BCUT2D eigenvalue weighted by atomic mass is 35.5. The number of hydrogen-bond acceptors (Lipinski definition) is 1. The summed E-state index contributed by atoms with van der Waals surface area (Å²) in [6.07, 6.45) is 13.6. The summed E-state index contributed by atoms with van der Waals surface area (Å²) in [6.45, 7) is 4.09. The summed E-state index contributed by atoms with van der Waals surface area (Å²) in [5.41, 5.74) is 0.323. The fourth-order valence-corrected chi connectivity index (χ4v) is 3.00. The Kier molecular flexibility index (Phi) is 8.30. The third-order valence-electron chi connectivity index (χ3n) is 4.03. The monoisotopic (exact) mass is 260 g/mol. The first-order chi connectivity index (χ1) is 8.33. The van der Waals surface area contributed by atoms with E-state index in [0.717, 1.165) is 19.1 Å². The Morgan fingerprint density at radius 1 is 1.00 bits per heavy atom. The molecule has 1 aliphatic rings. The summed E-state index contributed by atoms with van der Waals surface area (Å²) in [5, 5.41) is 0. The number of unbranched alkanes of at least 4 members (excludes halogenated alkanes) is 7. The number of ether oxygens (including phenoxy) is 1. The number of halogens is 1. The van der Waals surface area contributed by atoms with Crippen LogP contribution in [0.4, 0.5) is 0 Å². The molecule has 0 amide bonds. The zero-order valence-corrected chi connectivity index (χ0v) is 12.2. The fraction of sp³-hybridized carbons (Fsp3) is 1.00. The topological polar surface area (TPSA) is 9.23 Å². The average molecular weight is 261 g/mol. The number of hydrogen-bond donors (Lipinski definition) is 0. The normalized spacial score (nSPS) is 24.4. The molecule has 1 rings (SSSR count). The van der Waals surface area contributed by atoms with Crippen LogP contribution in [0.15, 0.2) is 0 Å². The van der Waals surface area contributed by atoms with E-state index >= 15 is 0 Å². The van der Waals surface area contributed by atoms with Crippen LogP contribution in [0.1, 0.15) is 71.1 Å². The first-order valence-corrected chi connectivity index (χ1v) is 8.00. The van der Waals surface area contributed by atoms with Crippen molar-refractivity contribution in [2.45, 2.75) is 71.1 Å². The lowest BCUT2D eigenvalue weighted by Crippen LogP contribution is -2.22. The van der Waals surface area contributed by atoms with Gasteiger partial charge in [-0.1, -0.05) is 58.3 Å². The van der Waals surface area contributed by atoms with Gasteiger partial charge in [-0.15, -0.1) is 11.6 Å². The van der Waals surface area contributed by atoms with E-state index in [4.69, 9.17) is 16.3 Å². The van der Waals surface area contributed by atoms with Gasteiger partial charge in [0.05, 0.1) is 6.61 Å². The molecule has 0 N–H and O–H groups in total. The highest BCUT2D eigenvalue weighted by Gasteiger charge is 2.33. The molecule has 17 heavy (non-hydrogen) atoms. The van der Waals surface area contributed by atoms with E-state index in [0.29, 0.717) is 5.41 Å². The van der Waals surface area contributed by atoms with Gasteiger partial charge in [0.2, 0.25) is 0 Å². The smallest absolute Gasteiger partial charge is 0.0534 e. The molecular formula is C15H29ClO. The third kappa shape index (κ3) is 6.10. The summed E-state index contributed by atoms with van der Waals surface area (Å²) in [7, 11) is 0. The predicted octanol–water partition coefficient (Wildman–Crippen LogP) is 5.16. The van der Waals surface area contributed by atoms with Crippen LogP contribution in [0.3, 0.4) is 0 Å². The van der Waals surface area contributed by atoms with Crippen LogP contribution in [0.2, 0.25) is 0 Å². The van der Waals surface area contributed by atoms with E-state index < -0.39 is 0 Å². The second kappa shape index (κ2) is 9.22. The van der Waals surface area contributed by atoms with Crippen LogP contribution in [0.5, 0.6) is 0 Å². The molecule has 0 radical (unpaired) electrons. The third-order valence-corrected chi connectivity index (χ3v) is 4.60. The molecule has 0 spiro atoms. The second-order valence-electron chi connectivity index (χ2n) is 5.66. The Balaban J connectivity index is 1.92. The summed E-state index contributed by atoms with van der Waals surface area (Å²) >= 11 is 6.08. The lowest BCUT2D eigenvalue weighted by atomic mass is 9.84. The van der Waals surface area contributed by atoms with Crippen molar-refractivity contribution in [3.63, 3.8) is 0 Å². The standard InChI is InChI=1S/C15H29ClO/c1-2-3-4-5-6-7-8-9-10-15(13-16)11-12-17-14-15/h2-14H2,1H3. The molecule has 0 aromatic rings. The van der Waals surface area contributed by atoms with E-state index in [1.807, 2.05) is 0 Å². The maximum atomic E-state index is 6.08. The van der Waals surface area contributed by atoms with Crippen molar-refractivity contribution in [2.24, 2.45) is 5.41 Å². The largest absolute Gasteiger partial charge is 0.381 e. The molecule has 1 saturated heterocycles. The van der Waals surface area contributed by atoms with Gasteiger partial charge in [-0.25, -0.2) is 0 Å². The van der Waals surface area contributed by atoms with Gasteiger partial charge >= 0.3 is 0 Å². The van der Waals surface area contributed by atoms with E-state index in [2.05, 4.69) is 6.92 Å². The lowest BCUT2D eigenvalue weighted by Gasteiger charge is -2.24. The van der Waals surface area contributed by atoms with Crippen LogP contribution in [0, 0.1) is 5.41 Å². The minimum absolute atomic E-state index is 0.323. The molecule has 1 nitrogen and oxygen atoms in total. The molecule has 0 saturated carbocycles. The minimum Gasteiger partial charge on any atom is -0.381 e. The zero-order chi connectivity index (χ0) is 12.4. The van der Waals surface area contributed by atoms with Crippen molar-refractivity contribution in [3.05, 3.63) is 0 Å². The highest BCUT2D eigenvalue weighted by Crippen LogP contribution is 2.35. The molecule has 0 bridgehead atoms. The van der Waals surface area contributed by atoms with Gasteiger partial charge in [-0.3, -0.25) is 0 Å². The molecule has 2 heteroatoms. The molecular weight excluding hydrogens is 232 g/mol. The lowest BCUT2D eigenvalue weighted by molar-refractivity contribution is 0.155. The molecule has 102 valence electrons. The van der Waals surface area contributed by atoms with Gasteiger partial charge in [0.1, 0.15) is 0 Å². The first-order valence-electron chi connectivity index (χ1n) is 7.47. The molecule has 1 atom stereocenters. The van der Waals surface area contributed by atoms with Crippen molar-refractivity contribution >= 4 is 11.6 Å². The maximum absolute atomic E-state index is 6.08. The highest BCUT2D eigenvalue weighted by molar-refractivity contribution is 6.18. The molecule has 0 aromatic carbocycles.